The molecule has 3 heteroatoms. The van der Waals surface area contributed by atoms with Gasteiger partial charge in [0.15, 0.2) is 0 Å². The minimum atomic E-state index is -0.879. The summed E-state index contributed by atoms with van der Waals surface area (Å²) in [5, 5.41) is 8.38. The molecule has 1 aromatic rings. The van der Waals surface area contributed by atoms with Crippen LogP contribution in [0, 0.1) is 0 Å². The summed E-state index contributed by atoms with van der Waals surface area (Å²) in [5.74, 6) is -0.879. The lowest BCUT2D eigenvalue weighted by molar-refractivity contribution is 0.0697. The zero-order chi connectivity index (χ0) is 10.7. The number of thiol groups is 1. The number of carboxylic acid groups (broad SMARTS) is 1. The third-order valence-electron chi connectivity index (χ3n) is 1.02. The van der Waals surface area contributed by atoms with Crippen molar-refractivity contribution in [3.05, 3.63) is 35.9 Å². The van der Waals surface area contributed by atoms with Crippen molar-refractivity contribution in [1.82, 2.24) is 0 Å². The molecule has 0 aliphatic rings. The van der Waals surface area contributed by atoms with Crippen molar-refractivity contribution in [2.24, 2.45) is 0 Å². The summed E-state index contributed by atoms with van der Waals surface area (Å²) in [5.41, 5.74) is 0.331. The molecule has 0 radical (unpaired) electrons. The molecule has 0 saturated carbocycles. The molecule has 0 fully saturated rings. The van der Waals surface area contributed by atoms with E-state index in [1.165, 1.54) is 0 Å². The molecule has 0 aromatic heterocycles. The van der Waals surface area contributed by atoms with Gasteiger partial charge in [0.05, 0.1) is 5.56 Å². The Bertz CT molecular complexity index is 209. The van der Waals surface area contributed by atoms with Crippen LogP contribution in [0.2, 0.25) is 0 Å². The molecule has 0 bridgehead atoms. The van der Waals surface area contributed by atoms with Crippen LogP contribution < -0.4 is 0 Å². The predicted molar refractivity (Wildman–Crippen MR) is 59.7 cm³/mol. The molecule has 0 heterocycles. The van der Waals surface area contributed by atoms with E-state index in [1.54, 1.807) is 36.6 Å². The maximum absolute atomic E-state index is 10.2. The molecule has 0 unspecified atom stereocenters. The van der Waals surface area contributed by atoms with Crippen LogP contribution in [0.4, 0.5) is 0 Å². The van der Waals surface area contributed by atoms with Crippen LogP contribution >= 0.6 is 12.6 Å². The van der Waals surface area contributed by atoms with Crippen LogP contribution in [0.3, 0.4) is 0 Å². The first kappa shape index (κ1) is 14.6. The number of carbonyl (C=O) groups is 1. The highest BCUT2D eigenvalue weighted by Gasteiger charge is 1.96. The van der Waals surface area contributed by atoms with Gasteiger partial charge in [-0.2, -0.15) is 12.6 Å². The average molecular weight is 200 g/mol. The zero-order valence-electron chi connectivity index (χ0n) is 8.19. The largest absolute Gasteiger partial charge is 0.478 e. The summed E-state index contributed by atoms with van der Waals surface area (Å²) in [4.78, 5) is 10.2. The normalized spacial score (nSPS) is 7.08. The SMILES string of the molecule is CC.CS.O=C(O)c1ccccc1. The van der Waals surface area contributed by atoms with E-state index in [9.17, 15) is 4.79 Å². The molecule has 0 aliphatic heterocycles. The summed E-state index contributed by atoms with van der Waals surface area (Å²) in [7, 11) is 0. The molecule has 1 rings (SSSR count). The van der Waals surface area contributed by atoms with Crippen LogP contribution in [0.5, 0.6) is 0 Å². The smallest absolute Gasteiger partial charge is 0.335 e. The summed E-state index contributed by atoms with van der Waals surface area (Å²) in [6.07, 6.45) is 1.69. The summed E-state index contributed by atoms with van der Waals surface area (Å²) in [6, 6.07) is 8.30. The van der Waals surface area contributed by atoms with Gasteiger partial charge in [-0.3, -0.25) is 0 Å². The van der Waals surface area contributed by atoms with Crippen molar-refractivity contribution in [1.29, 1.82) is 0 Å². The van der Waals surface area contributed by atoms with Gasteiger partial charge in [-0.05, 0) is 18.4 Å². The van der Waals surface area contributed by atoms with Crippen LogP contribution in [-0.2, 0) is 0 Å². The third kappa shape index (κ3) is 7.40. The van der Waals surface area contributed by atoms with Crippen molar-refractivity contribution in [2.75, 3.05) is 6.26 Å². The quantitative estimate of drug-likeness (QED) is 0.684. The van der Waals surface area contributed by atoms with Gasteiger partial charge in [0, 0.05) is 0 Å². The molecular weight excluding hydrogens is 184 g/mol. The highest BCUT2D eigenvalue weighted by atomic mass is 32.1. The fourth-order valence-electron chi connectivity index (χ4n) is 0.581. The molecule has 0 spiro atoms. The Balaban J connectivity index is 0. The van der Waals surface area contributed by atoms with E-state index >= 15 is 0 Å². The van der Waals surface area contributed by atoms with Gasteiger partial charge in [0.2, 0.25) is 0 Å². The Kier molecular flexibility index (Phi) is 12.4. The second-order valence-corrected chi connectivity index (χ2v) is 1.67. The maximum atomic E-state index is 10.2. The van der Waals surface area contributed by atoms with E-state index in [0.717, 1.165) is 0 Å². The van der Waals surface area contributed by atoms with E-state index in [2.05, 4.69) is 12.6 Å². The molecule has 0 aliphatic carbocycles. The highest BCUT2D eigenvalue weighted by molar-refractivity contribution is 7.79. The van der Waals surface area contributed by atoms with Crippen LogP contribution in [-0.4, -0.2) is 17.3 Å². The fraction of sp³-hybridized carbons (Fsp3) is 0.300. The van der Waals surface area contributed by atoms with Crippen molar-refractivity contribution < 1.29 is 9.90 Å². The Hall–Kier alpha value is -0.960. The second-order valence-electron chi connectivity index (χ2n) is 1.67. The Morgan fingerprint density at radius 3 is 1.77 bits per heavy atom. The van der Waals surface area contributed by atoms with Gasteiger partial charge in [0.25, 0.3) is 0 Å². The minimum absolute atomic E-state index is 0.331. The fourth-order valence-corrected chi connectivity index (χ4v) is 0.581. The molecule has 0 atom stereocenters. The van der Waals surface area contributed by atoms with E-state index in [0.29, 0.717) is 5.56 Å². The number of hydrogen-bond donors (Lipinski definition) is 2. The zero-order valence-corrected chi connectivity index (χ0v) is 9.08. The number of hydrogen-bond acceptors (Lipinski definition) is 2. The van der Waals surface area contributed by atoms with E-state index in [4.69, 9.17) is 5.11 Å². The number of carboxylic acids is 1. The van der Waals surface area contributed by atoms with Gasteiger partial charge in [0.1, 0.15) is 0 Å². The molecule has 0 amide bonds. The summed E-state index contributed by atoms with van der Waals surface area (Å²) >= 11 is 3.53. The number of benzene rings is 1. The minimum Gasteiger partial charge on any atom is -0.478 e. The Morgan fingerprint density at radius 1 is 1.15 bits per heavy atom. The van der Waals surface area contributed by atoms with E-state index in [1.807, 2.05) is 13.8 Å². The monoisotopic (exact) mass is 200 g/mol. The molecule has 2 nitrogen and oxygen atoms in total. The first-order valence-corrected chi connectivity index (χ1v) is 4.93. The van der Waals surface area contributed by atoms with Crippen molar-refractivity contribution in [3.63, 3.8) is 0 Å². The lowest BCUT2D eigenvalue weighted by Crippen LogP contribution is -1.93. The first-order valence-electron chi connectivity index (χ1n) is 4.04. The van der Waals surface area contributed by atoms with Crippen molar-refractivity contribution in [3.8, 4) is 0 Å². The van der Waals surface area contributed by atoms with Crippen LogP contribution in [0.15, 0.2) is 30.3 Å². The van der Waals surface area contributed by atoms with Crippen LogP contribution in [0.25, 0.3) is 0 Å². The molecule has 0 saturated heterocycles. The Labute approximate surface area is 85.0 Å². The van der Waals surface area contributed by atoms with Crippen molar-refractivity contribution >= 4 is 18.6 Å². The van der Waals surface area contributed by atoms with Gasteiger partial charge >= 0.3 is 5.97 Å². The van der Waals surface area contributed by atoms with Gasteiger partial charge in [-0.1, -0.05) is 32.0 Å². The average Bonchev–Trinajstić information content (AvgIpc) is 2.25. The second kappa shape index (κ2) is 11.0. The molecular formula is C10H16O2S. The van der Waals surface area contributed by atoms with E-state index in [-0.39, 0.29) is 0 Å². The van der Waals surface area contributed by atoms with Gasteiger partial charge in [-0.15, -0.1) is 0 Å². The molecule has 1 N–H and O–H groups in total. The van der Waals surface area contributed by atoms with E-state index < -0.39 is 5.97 Å². The molecule has 1 aromatic carbocycles. The summed E-state index contributed by atoms with van der Waals surface area (Å²) in [6.45, 7) is 4.00. The lowest BCUT2D eigenvalue weighted by atomic mass is 10.2. The molecule has 74 valence electrons. The summed E-state index contributed by atoms with van der Waals surface area (Å²) < 4.78 is 0. The van der Waals surface area contributed by atoms with Gasteiger partial charge in [-0.25, -0.2) is 4.79 Å². The molecule has 13 heavy (non-hydrogen) atoms. The van der Waals surface area contributed by atoms with Crippen LogP contribution in [0.1, 0.15) is 24.2 Å². The highest BCUT2D eigenvalue weighted by Crippen LogP contribution is 1.96. The topological polar surface area (TPSA) is 37.3 Å². The number of aromatic carboxylic acids is 1. The Morgan fingerprint density at radius 2 is 1.54 bits per heavy atom. The predicted octanol–water partition coefficient (Wildman–Crippen LogP) is 2.96. The van der Waals surface area contributed by atoms with Gasteiger partial charge < -0.3 is 5.11 Å². The number of rotatable bonds is 1. The first-order chi connectivity index (χ1) is 6.30. The standard InChI is InChI=1S/C7H6O2.C2H6.CH4S/c8-7(9)6-4-2-1-3-5-6;2*1-2/h1-5H,(H,8,9);1-2H3;2H,1H3. The maximum Gasteiger partial charge on any atom is 0.335 e. The lowest BCUT2D eigenvalue weighted by Gasteiger charge is -1.88. The van der Waals surface area contributed by atoms with Crippen molar-refractivity contribution in [2.45, 2.75) is 13.8 Å². The third-order valence-corrected chi connectivity index (χ3v) is 1.02.